The van der Waals surface area contributed by atoms with E-state index in [-0.39, 0.29) is 11.5 Å². The Balaban J connectivity index is 1.52. The summed E-state index contributed by atoms with van der Waals surface area (Å²) < 4.78 is 13.9. The van der Waals surface area contributed by atoms with Crippen LogP contribution in [0.4, 0.5) is 4.39 Å². The van der Waals surface area contributed by atoms with Crippen LogP contribution in [0, 0.1) is 5.82 Å². The van der Waals surface area contributed by atoms with Crippen molar-refractivity contribution in [2.24, 2.45) is 0 Å². The molecule has 3 aromatic rings. The fraction of sp³-hybridized carbons (Fsp3) is 0.238. The van der Waals surface area contributed by atoms with Gasteiger partial charge in [-0.3, -0.25) is 19.6 Å². The standard InChI is InChI=1S/C21H19FN4O2/c22-15-11-16(19-18(12-15)23-8-9-24-19)20(27)25-17-7-4-10-26(21(17)28)13-14-5-2-1-3-6-14/h1-3,5-6,8-9,11-12,17H,4,7,10,13H2,(H,25,27). The fourth-order valence-electron chi connectivity index (χ4n) is 3.48. The maximum Gasteiger partial charge on any atom is 0.254 e. The predicted molar refractivity (Wildman–Crippen MR) is 102 cm³/mol. The molecular formula is C21H19FN4O2. The second-order valence-corrected chi connectivity index (χ2v) is 6.79. The van der Waals surface area contributed by atoms with E-state index in [0.29, 0.717) is 30.5 Å². The van der Waals surface area contributed by atoms with Gasteiger partial charge in [-0.05, 0) is 24.5 Å². The molecule has 1 N–H and O–H groups in total. The number of carbonyl (C=O) groups excluding carboxylic acids is 2. The molecule has 2 amide bonds. The van der Waals surface area contributed by atoms with Gasteiger partial charge >= 0.3 is 0 Å². The first kappa shape index (κ1) is 18.0. The van der Waals surface area contributed by atoms with E-state index in [1.165, 1.54) is 18.5 Å². The molecule has 2 heterocycles. The third-order valence-corrected chi connectivity index (χ3v) is 4.84. The summed E-state index contributed by atoms with van der Waals surface area (Å²) in [4.78, 5) is 35.5. The number of likely N-dealkylation sites (tertiary alicyclic amines) is 1. The minimum atomic E-state index is -0.639. The lowest BCUT2D eigenvalue weighted by Gasteiger charge is -2.32. The van der Waals surface area contributed by atoms with Gasteiger partial charge in [-0.25, -0.2) is 4.39 Å². The lowest BCUT2D eigenvalue weighted by Crippen LogP contribution is -2.51. The van der Waals surface area contributed by atoms with Gasteiger partial charge in [-0.15, -0.1) is 0 Å². The van der Waals surface area contributed by atoms with E-state index < -0.39 is 17.8 Å². The van der Waals surface area contributed by atoms with Crippen LogP contribution in [0.3, 0.4) is 0 Å². The van der Waals surface area contributed by atoms with Gasteiger partial charge in [0.05, 0.1) is 11.1 Å². The van der Waals surface area contributed by atoms with Gasteiger partial charge in [0, 0.05) is 31.5 Å². The lowest BCUT2D eigenvalue weighted by molar-refractivity contribution is -0.136. The van der Waals surface area contributed by atoms with Crippen molar-refractivity contribution in [3.05, 3.63) is 71.8 Å². The Bertz CT molecular complexity index is 1030. The highest BCUT2D eigenvalue weighted by Gasteiger charge is 2.30. The number of aromatic nitrogens is 2. The molecule has 1 saturated heterocycles. The zero-order chi connectivity index (χ0) is 19.5. The first-order chi connectivity index (χ1) is 13.6. The van der Waals surface area contributed by atoms with Crippen LogP contribution in [0.2, 0.25) is 0 Å². The minimum Gasteiger partial charge on any atom is -0.340 e. The van der Waals surface area contributed by atoms with Gasteiger partial charge < -0.3 is 10.2 Å². The van der Waals surface area contributed by atoms with Crippen molar-refractivity contribution in [1.29, 1.82) is 0 Å². The van der Waals surface area contributed by atoms with Gasteiger partial charge in [0.2, 0.25) is 5.91 Å². The molecule has 6 nitrogen and oxygen atoms in total. The molecule has 0 bridgehead atoms. The Morgan fingerprint density at radius 1 is 1.18 bits per heavy atom. The van der Waals surface area contributed by atoms with E-state index in [0.717, 1.165) is 18.1 Å². The number of halogens is 1. The Kier molecular flexibility index (Phi) is 4.97. The van der Waals surface area contributed by atoms with Crippen molar-refractivity contribution < 1.29 is 14.0 Å². The van der Waals surface area contributed by atoms with E-state index in [9.17, 15) is 14.0 Å². The predicted octanol–water partition coefficient (Wildman–Crippen LogP) is 2.69. The number of carbonyl (C=O) groups is 2. The highest BCUT2D eigenvalue weighted by atomic mass is 19.1. The monoisotopic (exact) mass is 378 g/mol. The number of fused-ring (bicyclic) bond motifs is 1. The summed E-state index contributed by atoms with van der Waals surface area (Å²) >= 11 is 0. The second kappa shape index (κ2) is 7.72. The zero-order valence-electron chi connectivity index (χ0n) is 15.1. The smallest absolute Gasteiger partial charge is 0.254 e. The van der Waals surface area contributed by atoms with E-state index in [2.05, 4.69) is 15.3 Å². The molecule has 4 rings (SSSR count). The van der Waals surface area contributed by atoms with Crippen LogP contribution in [-0.2, 0) is 11.3 Å². The molecule has 0 radical (unpaired) electrons. The topological polar surface area (TPSA) is 75.2 Å². The molecule has 2 aromatic carbocycles. The van der Waals surface area contributed by atoms with Gasteiger partial charge in [-0.1, -0.05) is 30.3 Å². The van der Waals surface area contributed by atoms with Gasteiger partial charge in [0.1, 0.15) is 17.4 Å². The molecule has 0 saturated carbocycles. The molecule has 1 aromatic heterocycles. The van der Waals surface area contributed by atoms with Crippen molar-refractivity contribution >= 4 is 22.8 Å². The molecule has 1 fully saturated rings. The Morgan fingerprint density at radius 3 is 2.79 bits per heavy atom. The van der Waals surface area contributed by atoms with Gasteiger partial charge in [0.15, 0.2) is 0 Å². The van der Waals surface area contributed by atoms with Crippen LogP contribution in [0.1, 0.15) is 28.8 Å². The quantitative estimate of drug-likeness (QED) is 0.757. The molecule has 142 valence electrons. The van der Waals surface area contributed by atoms with E-state index in [4.69, 9.17) is 0 Å². The average Bonchev–Trinajstić information content (AvgIpc) is 2.71. The summed E-state index contributed by atoms with van der Waals surface area (Å²) in [6.07, 6.45) is 4.22. The largest absolute Gasteiger partial charge is 0.340 e. The van der Waals surface area contributed by atoms with Crippen LogP contribution < -0.4 is 5.32 Å². The molecule has 1 aliphatic heterocycles. The Hall–Kier alpha value is -3.35. The summed E-state index contributed by atoms with van der Waals surface area (Å²) in [6, 6.07) is 11.4. The maximum absolute atomic E-state index is 13.9. The first-order valence-electron chi connectivity index (χ1n) is 9.15. The van der Waals surface area contributed by atoms with Crippen molar-refractivity contribution in [2.75, 3.05) is 6.54 Å². The van der Waals surface area contributed by atoms with E-state index in [1.54, 1.807) is 4.90 Å². The third-order valence-electron chi connectivity index (χ3n) is 4.84. The van der Waals surface area contributed by atoms with Crippen molar-refractivity contribution in [2.45, 2.75) is 25.4 Å². The molecule has 1 atom stereocenters. The first-order valence-corrected chi connectivity index (χ1v) is 9.15. The normalized spacial score (nSPS) is 17.0. The average molecular weight is 378 g/mol. The fourth-order valence-corrected chi connectivity index (χ4v) is 3.48. The summed E-state index contributed by atoms with van der Waals surface area (Å²) in [5.41, 5.74) is 1.73. The Morgan fingerprint density at radius 2 is 1.96 bits per heavy atom. The number of piperidine rings is 1. The van der Waals surface area contributed by atoms with Crippen LogP contribution in [-0.4, -0.2) is 39.3 Å². The van der Waals surface area contributed by atoms with Crippen molar-refractivity contribution in [3.8, 4) is 0 Å². The summed E-state index contributed by atoms with van der Waals surface area (Å²) in [7, 11) is 0. The minimum absolute atomic E-state index is 0.0797. The number of hydrogen-bond acceptors (Lipinski definition) is 4. The van der Waals surface area contributed by atoms with Crippen molar-refractivity contribution in [1.82, 2.24) is 20.2 Å². The van der Waals surface area contributed by atoms with Crippen LogP contribution in [0.5, 0.6) is 0 Å². The maximum atomic E-state index is 13.9. The van der Waals surface area contributed by atoms with E-state index >= 15 is 0 Å². The number of amides is 2. The SMILES string of the molecule is O=C(NC1CCCN(Cc2ccccc2)C1=O)c1cc(F)cc2nccnc12. The number of hydrogen-bond donors (Lipinski definition) is 1. The number of benzene rings is 2. The molecule has 7 heteroatoms. The molecule has 1 aliphatic rings. The highest BCUT2D eigenvalue weighted by Crippen LogP contribution is 2.19. The van der Waals surface area contributed by atoms with Crippen LogP contribution in [0.15, 0.2) is 54.9 Å². The molecule has 28 heavy (non-hydrogen) atoms. The van der Waals surface area contributed by atoms with Gasteiger partial charge in [0.25, 0.3) is 5.91 Å². The van der Waals surface area contributed by atoms with Crippen molar-refractivity contribution in [3.63, 3.8) is 0 Å². The molecule has 0 spiro atoms. The summed E-state index contributed by atoms with van der Waals surface area (Å²) in [5, 5.41) is 2.76. The number of rotatable bonds is 4. The Labute approximate surface area is 161 Å². The van der Waals surface area contributed by atoms with Crippen LogP contribution in [0.25, 0.3) is 11.0 Å². The highest BCUT2D eigenvalue weighted by molar-refractivity contribution is 6.06. The van der Waals surface area contributed by atoms with Crippen LogP contribution >= 0.6 is 0 Å². The second-order valence-electron chi connectivity index (χ2n) is 6.79. The molecule has 1 unspecified atom stereocenters. The van der Waals surface area contributed by atoms with Gasteiger partial charge in [-0.2, -0.15) is 0 Å². The van der Waals surface area contributed by atoms with E-state index in [1.807, 2.05) is 30.3 Å². The third kappa shape index (κ3) is 3.69. The lowest BCUT2D eigenvalue weighted by atomic mass is 10.0. The molecule has 0 aliphatic carbocycles. The summed E-state index contributed by atoms with van der Waals surface area (Å²) in [5.74, 6) is -1.22. The number of nitrogens with zero attached hydrogens (tertiary/aromatic N) is 3. The summed E-state index contributed by atoms with van der Waals surface area (Å²) in [6.45, 7) is 1.15. The molecular weight excluding hydrogens is 359 g/mol. The zero-order valence-corrected chi connectivity index (χ0v) is 15.1. The number of nitrogens with one attached hydrogen (secondary N) is 1.